The van der Waals surface area contributed by atoms with Gasteiger partial charge in [-0.1, -0.05) is 12.5 Å². The fourth-order valence-electron chi connectivity index (χ4n) is 3.59. The van der Waals surface area contributed by atoms with Crippen molar-refractivity contribution < 1.29 is 9.90 Å². The quantitative estimate of drug-likeness (QED) is 0.901. The predicted octanol–water partition coefficient (Wildman–Crippen LogP) is 2.30. The van der Waals surface area contributed by atoms with E-state index in [9.17, 15) is 9.90 Å². The van der Waals surface area contributed by atoms with E-state index in [1.165, 1.54) is 11.3 Å². The van der Waals surface area contributed by atoms with Gasteiger partial charge in [0, 0.05) is 50.0 Å². The lowest BCUT2D eigenvalue weighted by Crippen LogP contribution is -2.37. The zero-order valence-electron chi connectivity index (χ0n) is 13.4. The minimum atomic E-state index is -0.259. The van der Waals surface area contributed by atoms with Gasteiger partial charge in [-0.3, -0.25) is 0 Å². The lowest BCUT2D eigenvalue weighted by Gasteiger charge is -2.24. The minimum Gasteiger partial charge on any atom is -0.393 e. The van der Waals surface area contributed by atoms with Gasteiger partial charge in [-0.25, -0.2) is 4.79 Å². The number of aliphatic hydroxyl groups excluding tert-OH is 1. The van der Waals surface area contributed by atoms with Crippen LogP contribution in [0.15, 0.2) is 18.2 Å². The van der Waals surface area contributed by atoms with Crippen LogP contribution >= 0.6 is 0 Å². The lowest BCUT2D eigenvalue weighted by atomic mass is 10.1. The summed E-state index contributed by atoms with van der Waals surface area (Å²) in [7, 11) is 3.88. The summed E-state index contributed by atoms with van der Waals surface area (Å²) in [5, 5.41) is 12.9. The maximum Gasteiger partial charge on any atom is 0.321 e. The molecule has 0 aromatic heterocycles. The summed E-state index contributed by atoms with van der Waals surface area (Å²) < 4.78 is 0. The first-order valence-corrected chi connectivity index (χ1v) is 8.09. The number of nitrogens with zero attached hydrogens (tertiary/aromatic N) is 2. The maximum atomic E-state index is 12.4. The van der Waals surface area contributed by atoms with E-state index in [0.29, 0.717) is 6.54 Å². The number of urea groups is 1. The zero-order chi connectivity index (χ0) is 15.7. The molecule has 2 atom stereocenters. The molecular formula is C17H25N3O2. The van der Waals surface area contributed by atoms with Crippen molar-refractivity contribution >= 4 is 17.4 Å². The number of carbonyl (C=O) groups excluding carboxylic acids is 1. The number of carbonyl (C=O) groups is 1. The predicted molar refractivity (Wildman–Crippen MR) is 88.4 cm³/mol. The van der Waals surface area contributed by atoms with Gasteiger partial charge < -0.3 is 20.2 Å². The maximum absolute atomic E-state index is 12.4. The molecule has 5 heteroatoms. The number of amides is 2. The van der Waals surface area contributed by atoms with Gasteiger partial charge in [0.1, 0.15) is 0 Å². The summed E-state index contributed by atoms with van der Waals surface area (Å²) >= 11 is 0. The summed E-state index contributed by atoms with van der Waals surface area (Å²) in [5.41, 5.74) is 3.32. The van der Waals surface area contributed by atoms with Crippen molar-refractivity contribution in [1.29, 1.82) is 0 Å². The van der Waals surface area contributed by atoms with E-state index in [1.807, 2.05) is 12.1 Å². The Morgan fingerprint density at radius 3 is 3.00 bits per heavy atom. The average Bonchev–Trinajstić information content (AvgIpc) is 3.07. The third kappa shape index (κ3) is 2.90. The molecule has 2 amide bonds. The Balaban J connectivity index is 1.64. The van der Waals surface area contributed by atoms with Crippen LogP contribution in [-0.4, -0.2) is 49.3 Å². The van der Waals surface area contributed by atoms with E-state index in [4.69, 9.17) is 0 Å². The molecule has 0 unspecified atom stereocenters. The number of hydrogen-bond acceptors (Lipinski definition) is 3. The van der Waals surface area contributed by atoms with Gasteiger partial charge in [0.2, 0.25) is 0 Å². The van der Waals surface area contributed by atoms with Crippen LogP contribution < -0.4 is 10.2 Å². The molecule has 1 aromatic rings. The number of likely N-dealkylation sites (N-methyl/N-ethyl adjacent to an activating group) is 1. The number of aliphatic hydroxyl groups is 1. The Morgan fingerprint density at radius 2 is 2.27 bits per heavy atom. The van der Waals surface area contributed by atoms with E-state index in [2.05, 4.69) is 23.3 Å². The molecule has 5 nitrogen and oxygen atoms in total. The second kappa shape index (κ2) is 6.16. The molecule has 0 radical (unpaired) electrons. The molecule has 2 aliphatic rings. The largest absolute Gasteiger partial charge is 0.393 e. The Labute approximate surface area is 131 Å². The summed E-state index contributed by atoms with van der Waals surface area (Å²) in [5.74, 6) is 0.211. The van der Waals surface area contributed by atoms with Crippen LogP contribution in [0, 0.1) is 5.92 Å². The molecule has 2 N–H and O–H groups in total. The van der Waals surface area contributed by atoms with Gasteiger partial charge in [-0.05, 0) is 31.4 Å². The first-order chi connectivity index (χ1) is 10.6. The summed E-state index contributed by atoms with van der Waals surface area (Å²) in [6, 6.07) is 5.95. The summed E-state index contributed by atoms with van der Waals surface area (Å²) in [4.78, 5) is 16.3. The van der Waals surface area contributed by atoms with Crippen LogP contribution in [0.5, 0.6) is 0 Å². The van der Waals surface area contributed by atoms with Crippen molar-refractivity contribution in [1.82, 2.24) is 4.90 Å². The molecular weight excluding hydrogens is 278 g/mol. The van der Waals surface area contributed by atoms with Crippen molar-refractivity contribution in [2.24, 2.45) is 5.92 Å². The molecule has 3 rings (SSSR count). The Kier molecular flexibility index (Phi) is 4.25. The molecule has 0 bridgehead atoms. The van der Waals surface area contributed by atoms with Crippen LogP contribution in [0.4, 0.5) is 16.2 Å². The third-order valence-electron chi connectivity index (χ3n) is 4.98. The Morgan fingerprint density at radius 1 is 1.45 bits per heavy atom. The molecule has 1 fully saturated rings. The fraction of sp³-hybridized carbons (Fsp3) is 0.588. The van der Waals surface area contributed by atoms with Crippen LogP contribution in [0.2, 0.25) is 0 Å². The fourth-order valence-corrected chi connectivity index (χ4v) is 3.59. The van der Waals surface area contributed by atoms with E-state index in [-0.39, 0.29) is 18.1 Å². The molecule has 0 spiro atoms. The van der Waals surface area contributed by atoms with Crippen LogP contribution in [0.25, 0.3) is 0 Å². The smallest absolute Gasteiger partial charge is 0.321 e. The number of rotatable bonds is 3. The van der Waals surface area contributed by atoms with E-state index >= 15 is 0 Å². The lowest BCUT2D eigenvalue weighted by molar-refractivity contribution is 0.116. The first kappa shape index (κ1) is 15.2. The molecule has 1 aromatic carbocycles. The Bertz CT molecular complexity index is 561. The summed E-state index contributed by atoms with van der Waals surface area (Å²) in [6.45, 7) is 1.61. The van der Waals surface area contributed by atoms with Gasteiger partial charge in [0.05, 0.1) is 6.10 Å². The number of nitrogens with one attached hydrogen (secondary N) is 1. The van der Waals surface area contributed by atoms with Gasteiger partial charge in [0.25, 0.3) is 0 Å². The molecule has 0 saturated heterocycles. The van der Waals surface area contributed by atoms with Crippen LogP contribution in [-0.2, 0) is 6.42 Å². The van der Waals surface area contributed by atoms with E-state index in [1.54, 1.807) is 11.9 Å². The molecule has 1 aliphatic carbocycles. The normalized spacial score (nSPS) is 23.5. The van der Waals surface area contributed by atoms with Crippen LogP contribution in [0.1, 0.15) is 24.8 Å². The number of benzene rings is 1. The topological polar surface area (TPSA) is 55.8 Å². The summed E-state index contributed by atoms with van der Waals surface area (Å²) in [6.07, 6.45) is 3.63. The first-order valence-electron chi connectivity index (χ1n) is 8.09. The van der Waals surface area contributed by atoms with Crippen molar-refractivity contribution in [3.63, 3.8) is 0 Å². The van der Waals surface area contributed by atoms with E-state index in [0.717, 1.165) is 37.9 Å². The van der Waals surface area contributed by atoms with E-state index < -0.39 is 0 Å². The van der Waals surface area contributed by atoms with Gasteiger partial charge in [-0.15, -0.1) is 0 Å². The molecule has 22 heavy (non-hydrogen) atoms. The Hall–Kier alpha value is -1.75. The number of hydrogen-bond donors (Lipinski definition) is 2. The molecule has 120 valence electrons. The van der Waals surface area contributed by atoms with Crippen LogP contribution in [0.3, 0.4) is 0 Å². The minimum absolute atomic E-state index is 0.0953. The highest BCUT2D eigenvalue weighted by atomic mass is 16.3. The van der Waals surface area contributed by atoms with Crippen molar-refractivity contribution in [3.05, 3.63) is 23.8 Å². The number of fused-ring (bicyclic) bond motifs is 1. The second-order valence-corrected chi connectivity index (χ2v) is 6.54. The number of anilines is 2. The zero-order valence-corrected chi connectivity index (χ0v) is 13.4. The average molecular weight is 303 g/mol. The van der Waals surface area contributed by atoms with Crippen molar-refractivity contribution in [3.8, 4) is 0 Å². The molecule has 1 heterocycles. The van der Waals surface area contributed by atoms with Crippen molar-refractivity contribution in [2.75, 3.05) is 37.4 Å². The second-order valence-electron chi connectivity index (χ2n) is 6.54. The highest BCUT2D eigenvalue weighted by molar-refractivity contribution is 5.91. The van der Waals surface area contributed by atoms with Gasteiger partial charge >= 0.3 is 6.03 Å². The van der Waals surface area contributed by atoms with Gasteiger partial charge in [0.15, 0.2) is 0 Å². The van der Waals surface area contributed by atoms with Gasteiger partial charge in [-0.2, -0.15) is 0 Å². The third-order valence-corrected chi connectivity index (χ3v) is 4.98. The SMILES string of the molecule is CN(C[C@H]1CCC[C@H]1O)C(=O)Nc1cccc2c1CCN2C. The molecule has 1 saturated carbocycles. The van der Waals surface area contributed by atoms with Crippen molar-refractivity contribution in [2.45, 2.75) is 31.8 Å². The standard InChI is InChI=1S/C17H25N3O2/c1-19-10-9-13-14(6-4-7-15(13)19)18-17(22)20(2)11-12-5-3-8-16(12)21/h4,6-7,12,16,21H,3,5,8-11H2,1-2H3,(H,18,22)/t12-,16-/m1/s1. The molecule has 1 aliphatic heterocycles. The monoisotopic (exact) mass is 303 g/mol. The highest BCUT2D eigenvalue weighted by Gasteiger charge is 2.28. The highest BCUT2D eigenvalue weighted by Crippen LogP contribution is 2.32.